The van der Waals surface area contributed by atoms with E-state index in [4.69, 9.17) is 10.8 Å². The molecule has 0 spiro atoms. The van der Waals surface area contributed by atoms with Gasteiger partial charge in [0.25, 0.3) is 0 Å². The standard InChI is InChI=1S/C12H23N3O3/c1-2-10(5-7-16)14-11(17)9-4-3-6-15(8-9)12(13)18/h9-10,16H,2-8H2,1H3,(H2,13,18)(H,14,17). The molecule has 0 aromatic heterocycles. The number of primary amides is 1. The minimum absolute atomic E-state index is 0.00598. The predicted molar refractivity (Wildman–Crippen MR) is 67.8 cm³/mol. The van der Waals surface area contributed by atoms with E-state index in [2.05, 4.69) is 5.32 Å². The lowest BCUT2D eigenvalue weighted by Gasteiger charge is -2.31. The number of aliphatic hydroxyl groups excluding tert-OH is 1. The van der Waals surface area contributed by atoms with Crippen molar-refractivity contribution < 1.29 is 14.7 Å². The molecule has 0 radical (unpaired) electrons. The number of carbonyl (C=O) groups excluding carboxylic acids is 2. The third-order valence-corrected chi connectivity index (χ3v) is 3.42. The fourth-order valence-electron chi connectivity index (χ4n) is 2.24. The molecule has 104 valence electrons. The summed E-state index contributed by atoms with van der Waals surface area (Å²) < 4.78 is 0. The lowest BCUT2D eigenvalue weighted by molar-refractivity contribution is -0.127. The summed E-state index contributed by atoms with van der Waals surface area (Å²) in [5, 5.41) is 11.8. The highest BCUT2D eigenvalue weighted by atomic mass is 16.3. The molecule has 6 nitrogen and oxygen atoms in total. The largest absolute Gasteiger partial charge is 0.396 e. The molecule has 6 heteroatoms. The van der Waals surface area contributed by atoms with Gasteiger partial charge in [-0.15, -0.1) is 0 Å². The smallest absolute Gasteiger partial charge is 0.314 e. The molecule has 0 bridgehead atoms. The number of piperidine rings is 1. The molecule has 18 heavy (non-hydrogen) atoms. The predicted octanol–water partition coefficient (Wildman–Crippen LogP) is 0.0543. The second-order valence-electron chi connectivity index (χ2n) is 4.75. The van der Waals surface area contributed by atoms with Crippen LogP contribution in [0.2, 0.25) is 0 Å². The van der Waals surface area contributed by atoms with Crippen molar-refractivity contribution in [3.63, 3.8) is 0 Å². The summed E-state index contributed by atoms with van der Waals surface area (Å²) in [6.07, 6.45) is 2.94. The molecule has 0 aliphatic carbocycles. The third-order valence-electron chi connectivity index (χ3n) is 3.42. The van der Waals surface area contributed by atoms with Crippen molar-refractivity contribution in [2.45, 2.75) is 38.6 Å². The summed E-state index contributed by atoms with van der Waals surface area (Å²) in [5.74, 6) is -0.222. The number of nitrogens with one attached hydrogen (secondary N) is 1. The summed E-state index contributed by atoms with van der Waals surface area (Å²) in [5.41, 5.74) is 5.23. The van der Waals surface area contributed by atoms with Gasteiger partial charge in [0.15, 0.2) is 0 Å². The van der Waals surface area contributed by atoms with Crippen molar-refractivity contribution in [1.29, 1.82) is 0 Å². The van der Waals surface area contributed by atoms with Gasteiger partial charge in [0.05, 0.1) is 5.92 Å². The van der Waals surface area contributed by atoms with Gasteiger partial charge in [0, 0.05) is 25.7 Å². The van der Waals surface area contributed by atoms with Crippen molar-refractivity contribution in [2.75, 3.05) is 19.7 Å². The zero-order chi connectivity index (χ0) is 13.5. The van der Waals surface area contributed by atoms with E-state index >= 15 is 0 Å². The monoisotopic (exact) mass is 257 g/mol. The van der Waals surface area contributed by atoms with Gasteiger partial charge in [-0.2, -0.15) is 0 Å². The minimum Gasteiger partial charge on any atom is -0.396 e. The Kier molecular flexibility index (Phi) is 5.91. The van der Waals surface area contributed by atoms with Crippen LogP contribution in [0.3, 0.4) is 0 Å². The molecular weight excluding hydrogens is 234 g/mol. The summed E-state index contributed by atoms with van der Waals surface area (Å²) in [6.45, 7) is 3.07. The van der Waals surface area contributed by atoms with Gasteiger partial charge >= 0.3 is 6.03 Å². The Morgan fingerprint density at radius 3 is 2.83 bits per heavy atom. The zero-order valence-electron chi connectivity index (χ0n) is 10.9. The molecule has 1 aliphatic heterocycles. The van der Waals surface area contributed by atoms with Gasteiger partial charge < -0.3 is 21.1 Å². The molecule has 1 heterocycles. The number of amides is 3. The molecule has 3 amide bonds. The topological polar surface area (TPSA) is 95.7 Å². The lowest BCUT2D eigenvalue weighted by Crippen LogP contribution is -2.49. The molecular formula is C12H23N3O3. The highest BCUT2D eigenvalue weighted by molar-refractivity contribution is 5.80. The first-order valence-corrected chi connectivity index (χ1v) is 6.54. The number of carbonyl (C=O) groups is 2. The average Bonchev–Trinajstić information content (AvgIpc) is 2.38. The summed E-state index contributed by atoms with van der Waals surface area (Å²) in [6, 6.07) is -0.457. The van der Waals surface area contributed by atoms with Crippen LogP contribution in [-0.2, 0) is 4.79 Å². The number of aliphatic hydroxyl groups is 1. The Morgan fingerprint density at radius 2 is 2.28 bits per heavy atom. The molecule has 1 rings (SSSR count). The van der Waals surface area contributed by atoms with Crippen LogP contribution >= 0.6 is 0 Å². The second-order valence-corrected chi connectivity index (χ2v) is 4.75. The summed E-state index contributed by atoms with van der Waals surface area (Å²) in [4.78, 5) is 24.6. The number of nitrogens with two attached hydrogens (primary N) is 1. The van der Waals surface area contributed by atoms with Crippen LogP contribution in [0.1, 0.15) is 32.6 Å². The molecule has 4 N–H and O–H groups in total. The summed E-state index contributed by atoms with van der Waals surface area (Å²) >= 11 is 0. The van der Waals surface area contributed by atoms with Gasteiger partial charge in [-0.3, -0.25) is 4.79 Å². The number of urea groups is 1. The van der Waals surface area contributed by atoms with Gasteiger partial charge in [0.1, 0.15) is 0 Å². The van der Waals surface area contributed by atoms with Crippen molar-refractivity contribution in [1.82, 2.24) is 10.2 Å². The van der Waals surface area contributed by atoms with E-state index in [1.165, 1.54) is 4.90 Å². The molecule has 1 aliphatic rings. The van der Waals surface area contributed by atoms with Gasteiger partial charge in [-0.1, -0.05) is 6.92 Å². The Labute approximate surface area is 108 Å². The maximum absolute atomic E-state index is 12.0. The highest BCUT2D eigenvalue weighted by Crippen LogP contribution is 2.16. The number of nitrogens with zero attached hydrogens (tertiary/aromatic N) is 1. The van der Waals surface area contributed by atoms with Crippen LogP contribution in [0.15, 0.2) is 0 Å². The van der Waals surface area contributed by atoms with E-state index in [1.807, 2.05) is 6.92 Å². The first-order chi connectivity index (χ1) is 8.58. The van der Waals surface area contributed by atoms with Crippen LogP contribution in [0, 0.1) is 5.92 Å². The van der Waals surface area contributed by atoms with Crippen LogP contribution in [0.5, 0.6) is 0 Å². The first-order valence-electron chi connectivity index (χ1n) is 6.54. The number of likely N-dealkylation sites (tertiary alicyclic amines) is 1. The van der Waals surface area contributed by atoms with Crippen LogP contribution in [-0.4, -0.2) is 47.7 Å². The van der Waals surface area contributed by atoms with E-state index in [9.17, 15) is 9.59 Å². The van der Waals surface area contributed by atoms with Crippen LogP contribution in [0.4, 0.5) is 4.79 Å². The Balaban J connectivity index is 2.47. The second kappa shape index (κ2) is 7.20. The van der Waals surface area contributed by atoms with Crippen LogP contribution in [0.25, 0.3) is 0 Å². The first kappa shape index (κ1) is 14.8. The van der Waals surface area contributed by atoms with Crippen LogP contribution < -0.4 is 11.1 Å². The van der Waals surface area contributed by atoms with E-state index < -0.39 is 6.03 Å². The maximum Gasteiger partial charge on any atom is 0.314 e. The fourth-order valence-corrected chi connectivity index (χ4v) is 2.24. The molecule has 2 unspecified atom stereocenters. The Hall–Kier alpha value is -1.30. The average molecular weight is 257 g/mol. The molecule has 0 aromatic rings. The number of hydrogen-bond acceptors (Lipinski definition) is 3. The molecule has 1 fully saturated rings. The van der Waals surface area contributed by atoms with Crippen molar-refractivity contribution in [3.8, 4) is 0 Å². The quantitative estimate of drug-likeness (QED) is 0.649. The lowest BCUT2D eigenvalue weighted by atomic mass is 9.96. The van der Waals surface area contributed by atoms with E-state index in [0.29, 0.717) is 19.5 Å². The maximum atomic E-state index is 12.0. The third kappa shape index (κ3) is 4.18. The number of rotatable bonds is 5. The van der Waals surface area contributed by atoms with E-state index in [1.54, 1.807) is 0 Å². The van der Waals surface area contributed by atoms with Crippen molar-refractivity contribution >= 4 is 11.9 Å². The summed E-state index contributed by atoms with van der Waals surface area (Å²) in [7, 11) is 0. The normalized spacial score (nSPS) is 21.4. The van der Waals surface area contributed by atoms with E-state index in [0.717, 1.165) is 19.3 Å². The number of hydrogen-bond donors (Lipinski definition) is 3. The SMILES string of the molecule is CCC(CCO)NC(=O)C1CCCN(C(N)=O)C1. The van der Waals surface area contributed by atoms with Gasteiger partial charge in [-0.05, 0) is 25.7 Å². The van der Waals surface area contributed by atoms with Crippen molar-refractivity contribution in [3.05, 3.63) is 0 Å². The molecule has 0 aromatic carbocycles. The van der Waals surface area contributed by atoms with Crippen molar-refractivity contribution in [2.24, 2.45) is 11.7 Å². The van der Waals surface area contributed by atoms with Gasteiger partial charge in [0.2, 0.25) is 5.91 Å². The fraction of sp³-hybridized carbons (Fsp3) is 0.833. The molecule has 1 saturated heterocycles. The minimum atomic E-state index is -0.463. The zero-order valence-corrected chi connectivity index (χ0v) is 10.9. The van der Waals surface area contributed by atoms with Gasteiger partial charge in [-0.25, -0.2) is 4.79 Å². The molecule has 2 atom stereocenters. The van der Waals surface area contributed by atoms with E-state index in [-0.39, 0.29) is 24.5 Å². The Bertz CT molecular complexity index is 296. The molecule has 0 saturated carbocycles. The Morgan fingerprint density at radius 1 is 1.56 bits per heavy atom. The highest BCUT2D eigenvalue weighted by Gasteiger charge is 2.28.